The Hall–Kier alpha value is -2.91. The zero-order valence-electron chi connectivity index (χ0n) is 18.3. The van der Waals surface area contributed by atoms with Gasteiger partial charge in [-0.3, -0.25) is 14.5 Å². The molecule has 2 aliphatic heterocycles. The lowest BCUT2D eigenvalue weighted by molar-refractivity contribution is -0.164. The molecule has 1 aliphatic carbocycles. The van der Waals surface area contributed by atoms with Gasteiger partial charge in [-0.05, 0) is 43.5 Å². The van der Waals surface area contributed by atoms with E-state index < -0.39 is 23.3 Å². The summed E-state index contributed by atoms with van der Waals surface area (Å²) in [6.07, 6.45) is 3.08. The van der Waals surface area contributed by atoms with E-state index in [-0.39, 0.29) is 48.5 Å². The molecule has 4 amide bonds. The molecule has 1 aromatic carbocycles. The lowest BCUT2D eigenvalue weighted by Crippen LogP contribution is -2.82. The Balaban J connectivity index is 1.49. The molecular weight excluding hydrogens is 484 g/mol. The topological polar surface area (TPSA) is 85.9 Å². The number of urea groups is 1. The van der Waals surface area contributed by atoms with Gasteiger partial charge in [0.25, 0.3) is 5.91 Å². The van der Waals surface area contributed by atoms with E-state index in [1.807, 2.05) is 6.92 Å². The highest BCUT2D eigenvalue weighted by atomic mass is 35.5. The Morgan fingerprint density at radius 1 is 1.18 bits per heavy atom. The standard InChI is InChI=1S/C23H22Cl2FN5O3/c1-13(14-2-4-15(24)5-3-14)31-19(32)10-30(20-18(26)8-16(25)9-27-20)21(33)23(31)11-29(12-23)22(34)28-17-6-7-17/h2-5,8-9,13,17H,6-7,10-12H2,1H3,(H,28,34). The molecule has 3 heterocycles. The van der Waals surface area contributed by atoms with Gasteiger partial charge in [-0.25, -0.2) is 14.2 Å². The van der Waals surface area contributed by atoms with Crippen molar-refractivity contribution in [2.45, 2.75) is 37.4 Å². The number of hydrogen-bond donors (Lipinski definition) is 1. The molecule has 1 aromatic heterocycles. The predicted octanol–water partition coefficient (Wildman–Crippen LogP) is 3.39. The van der Waals surface area contributed by atoms with Crippen LogP contribution in [0.3, 0.4) is 0 Å². The molecule has 5 rings (SSSR count). The molecule has 2 saturated heterocycles. The average molecular weight is 506 g/mol. The van der Waals surface area contributed by atoms with E-state index in [4.69, 9.17) is 23.2 Å². The summed E-state index contributed by atoms with van der Waals surface area (Å²) in [5, 5.41) is 3.53. The fourth-order valence-corrected chi connectivity index (χ4v) is 4.91. The van der Waals surface area contributed by atoms with Crippen LogP contribution in [-0.2, 0) is 9.59 Å². The summed E-state index contributed by atoms with van der Waals surface area (Å²) in [7, 11) is 0. The van der Waals surface area contributed by atoms with Crippen molar-refractivity contribution < 1.29 is 18.8 Å². The zero-order valence-corrected chi connectivity index (χ0v) is 19.8. The number of pyridine rings is 1. The minimum atomic E-state index is -1.34. The van der Waals surface area contributed by atoms with Crippen LogP contribution in [0.5, 0.6) is 0 Å². The first kappa shape index (κ1) is 22.9. The summed E-state index contributed by atoms with van der Waals surface area (Å²) in [6, 6.07) is 7.46. The number of anilines is 1. The molecule has 178 valence electrons. The van der Waals surface area contributed by atoms with Crippen molar-refractivity contribution in [2.75, 3.05) is 24.5 Å². The van der Waals surface area contributed by atoms with Crippen molar-refractivity contribution in [1.29, 1.82) is 0 Å². The van der Waals surface area contributed by atoms with Crippen LogP contribution in [0.4, 0.5) is 15.0 Å². The number of likely N-dealkylation sites (tertiary alicyclic amines) is 1. The highest BCUT2D eigenvalue weighted by molar-refractivity contribution is 6.30. The van der Waals surface area contributed by atoms with Gasteiger partial charge in [0.1, 0.15) is 6.54 Å². The quantitative estimate of drug-likeness (QED) is 0.689. The van der Waals surface area contributed by atoms with Crippen molar-refractivity contribution >= 4 is 46.9 Å². The van der Waals surface area contributed by atoms with Crippen LogP contribution < -0.4 is 10.2 Å². The van der Waals surface area contributed by atoms with Crippen LogP contribution >= 0.6 is 23.2 Å². The Kier molecular flexibility index (Phi) is 5.64. The number of nitrogens with zero attached hydrogens (tertiary/aromatic N) is 4. The van der Waals surface area contributed by atoms with Gasteiger partial charge in [0, 0.05) is 17.3 Å². The second-order valence-corrected chi connectivity index (χ2v) is 9.83. The monoisotopic (exact) mass is 505 g/mol. The third-order valence-corrected chi connectivity index (χ3v) is 7.01. The van der Waals surface area contributed by atoms with Gasteiger partial charge in [-0.1, -0.05) is 35.3 Å². The molecule has 11 heteroatoms. The maximum Gasteiger partial charge on any atom is 0.317 e. The van der Waals surface area contributed by atoms with Gasteiger partial charge in [0.15, 0.2) is 17.2 Å². The average Bonchev–Trinajstić information content (AvgIpc) is 3.57. The van der Waals surface area contributed by atoms with E-state index in [0.717, 1.165) is 29.4 Å². The van der Waals surface area contributed by atoms with Gasteiger partial charge >= 0.3 is 6.03 Å². The number of amides is 4. The minimum Gasteiger partial charge on any atom is -0.335 e. The molecule has 1 saturated carbocycles. The molecule has 1 unspecified atom stereocenters. The maximum atomic E-state index is 14.7. The highest BCUT2D eigenvalue weighted by Crippen LogP contribution is 2.41. The summed E-state index contributed by atoms with van der Waals surface area (Å²) in [4.78, 5) is 47.9. The summed E-state index contributed by atoms with van der Waals surface area (Å²) < 4.78 is 14.7. The molecule has 34 heavy (non-hydrogen) atoms. The zero-order chi connectivity index (χ0) is 24.2. The number of carbonyl (C=O) groups excluding carboxylic acids is 3. The summed E-state index contributed by atoms with van der Waals surface area (Å²) >= 11 is 11.8. The van der Waals surface area contributed by atoms with E-state index in [0.29, 0.717) is 5.02 Å². The highest BCUT2D eigenvalue weighted by Gasteiger charge is 2.62. The minimum absolute atomic E-state index is 0.000233. The summed E-state index contributed by atoms with van der Waals surface area (Å²) in [5.74, 6) is -1.93. The summed E-state index contributed by atoms with van der Waals surface area (Å²) in [5.41, 5.74) is -0.557. The molecular formula is C23H22Cl2FN5O3. The van der Waals surface area contributed by atoms with E-state index in [2.05, 4.69) is 10.3 Å². The van der Waals surface area contributed by atoms with Crippen molar-refractivity contribution in [3.63, 3.8) is 0 Å². The number of nitrogens with one attached hydrogen (secondary N) is 1. The van der Waals surface area contributed by atoms with Crippen LogP contribution in [-0.4, -0.2) is 63.8 Å². The normalized spacial score (nSPS) is 20.4. The first-order valence-electron chi connectivity index (χ1n) is 11.0. The van der Waals surface area contributed by atoms with E-state index in [1.165, 1.54) is 16.0 Å². The van der Waals surface area contributed by atoms with Gasteiger partial charge < -0.3 is 15.1 Å². The first-order valence-corrected chi connectivity index (χ1v) is 11.7. The van der Waals surface area contributed by atoms with Gasteiger partial charge in [-0.2, -0.15) is 0 Å². The lowest BCUT2D eigenvalue weighted by atomic mass is 9.82. The third-order valence-electron chi connectivity index (χ3n) is 6.55. The molecule has 1 spiro atoms. The molecule has 8 nitrogen and oxygen atoms in total. The Morgan fingerprint density at radius 3 is 2.47 bits per heavy atom. The number of hydrogen-bond acceptors (Lipinski definition) is 4. The number of piperazine rings is 1. The van der Waals surface area contributed by atoms with Gasteiger partial charge in [-0.15, -0.1) is 0 Å². The van der Waals surface area contributed by atoms with E-state index in [1.54, 1.807) is 24.3 Å². The van der Waals surface area contributed by atoms with Crippen molar-refractivity contribution in [3.8, 4) is 0 Å². The SMILES string of the molecule is CC(c1ccc(Cl)cc1)N1C(=O)CN(c2ncc(Cl)cc2F)C(=O)C12CN(C(=O)NC1CC1)C2. The number of benzene rings is 1. The third kappa shape index (κ3) is 3.86. The fraction of sp³-hybridized carbons (Fsp3) is 0.391. The lowest BCUT2D eigenvalue weighted by Gasteiger charge is -2.59. The van der Waals surface area contributed by atoms with Crippen LogP contribution in [0.2, 0.25) is 10.0 Å². The fourth-order valence-electron chi connectivity index (χ4n) is 4.64. The second-order valence-electron chi connectivity index (χ2n) is 8.95. The van der Waals surface area contributed by atoms with Crippen LogP contribution in [0.1, 0.15) is 31.4 Å². The Bertz CT molecular complexity index is 1170. The van der Waals surface area contributed by atoms with Gasteiger partial charge in [0.2, 0.25) is 5.91 Å². The van der Waals surface area contributed by atoms with Crippen molar-refractivity contribution in [2.24, 2.45) is 0 Å². The number of halogens is 3. The van der Waals surface area contributed by atoms with E-state index >= 15 is 0 Å². The van der Waals surface area contributed by atoms with Crippen LogP contribution in [0, 0.1) is 5.82 Å². The van der Waals surface area contributed by atoms with E-state index in [9.17, 15) is 18.8 Å². The first-order chi connectivity index (χ1) is 16.2. The number of rotatable bonds is 4. The van der Waals surface area contributed by atoms with Crippen LogP contribution in [0.25, 0.3) is 0 Å². The molecule has 3 fully saturated rings. The van der Waals surface area contributed by atoms with Gasteiger partial charge in [0.05, 0.1) is 24.2 Å². The molecule has 2 aromatic rings. The Morgan fingerprint density at radius 2 is 1.85 bits per heavy atom. The van der Waals surface area contributed by atoms with Crippen molar-refractivity contribution in [3.05, 3.63) is 58.0 Å². The molecule has 1 N–H and O–H groups in total. The predicted molar refractivity (Wildman–Crippen MR) is 124 cm³/mol. The maximum absolute atomic E-state index is 14.7. The second kappa shape index (κ2) is 8.39. The number of carbonyl (C=O) groups is 3. The molecule has 0 radical (unpaired) electrons. The smallest absolute Gasteiger partial charge is 0.317 e. The largest absolute Gasteiger partial charge is 0.335 e. The molecule has 3 aliphatic rings. The summed E-state index contributed by atoms with van der Waals surface area (Å²) in [6.45, 7) is 1.44. The molecule has 0 bridgehead atoms. The van der Waals surface area contributed by atoms with Crippen molar-refractivity contribution in [1.82, 2.24) is 20.1 Å². The molecule has 1 atom stereocenters. The van der Waals surface area contributed by atoms with Crippen LogP contribution in [0.15, 0.2) is 36.5 Å². The Labute approximate surface area is 205 Å². The number of aromatic nitrogens is 1.